The molecule has 1 aliphatic carbocycles. The van der Waals surface area contributed by atoms with E-state index in [-0.39, 0.29) is 28.4 Å². The molecule has 10 aromatic rings. The lowest BCUT2D eigenvalue weighted by atomic mass is 9.33. The summed E-state index contributed by atoms with van der Waals surface area (Å²) in [4.78, 5) is 8.14. The van der Waals surface area contributed by atoms with Crippen molar-refractivity contribution in [2.24, 2.45) is 0 Å². The number of hydrogen-bond donors (Lipinski definition) is 0. The van der Waals surface area contributed by atoms with Crippen LogP contribution in [0.1, 0.15) is 116 Å². The molecule has 0 amide bonds. The van der Waals surface area contributed by atoms with E-state index in [9.17, 15) is 0 Å². The van der Waals surface area contributed by atoms with Crippen molar-refractivity contribution in [1.82, 2.24) is 0 Å². The third-order valence-electron chi connectivity index (χ3n) is 19.4. The molecule has 0 saturated carbocycles. The van der Waals surface area contributed by atoms with E-state index >= 15 is 0 Å². The van der Waals surface area contributed by atoms with Crippen LogP contribution >= 0.6 is 0 Å². The molecule has 0 N–H and O–H groups in total. The third kappa shape index (κ3) is 7.91. The summed E-state index contributed by atoms with van der Waals surface area (Å²) in [5, 5.41) is 0. The Bertz CT molecular complexity index is 4160. The van der Waals surface area contributed by atoms with Gasteiger partial charge in [-0.1, -0.05) is 239 Å². The van der Waals surface area contributed by atoms with Gasteiger partial charge in [0.15, 0.2) is 0 Å². The number of benzene rings is 10. The molecule has 0 fully saturated rings. The van der Waals surface area contributed by atoms with E-state index in [4.69, 9.17) is 0 Å². The quantitative estimate of drug-likeness (QED) is 0.154. The molecule has 4 heteroatoms. The van der Waals surface area contributed by atoms with Crippen LogP contribution in [-0.4, -0.2) is 6.71 Å². The van der Waals surface area contributed by atoms with Crippen molar-refractivity contribution in [3.8, 4) is 33.4 Å². The van der Waals surface area contributed by atoms with Gasteiger partial charge in [0, 0.05) is 50.7 Å². The summed E-state index contributed by atoms with van der Waals surface area (Å²) in [6.07, 6.45) is 2.09. The lowest BCUT2D eigenvalue weighted by Gasteiger charge is -2.52. The minimum absolute atomic E-state index is 0.0761. The van der Waals surface area contributed by atoms with E-state index in [0.717, 1.165) is 18.5 Å². The Kier molecular flexibility index (Phi) is 11.7. The number of anilines is 8. The summed E-state index contributed by atoms with van der Waals surface area (Å²) < 4.78 is 0. The molecule has 2 atom stereocenters. The molecular formula is C78H74BN3. The van der Waals surface area contributed by atoms with Gasteiger partial charge in [0.1, 0.15) is 0 Å². The number of hydrogen-bond acceptors (Lipinski definition) is 3. The number of para-hydroxylation sites is 1. The van der Waals surface area contributed by atoms with Gasteiger partial charge in [-0.3, -0.25) is 0 Å². The van der Waals surface area contributed by atoms with Gasteiger partial charge in [-0.2, -0.15) is 0 Å². The highest BCUT2D eigenvalue weighted by atomic mass is 15.3. The second-order valence-corrected chi connectivity index (χ2v) is 27.3. The highest BCUT2D eigenvalue weighted by Crippen LogP contribution is 2.64. The van der Waals surface area contributed by atoms with Crippen molar-refractivity contribution in [3.05, 3.63) is 258 Å². The first-order chi connectivity index (χ1) is 39.3. The largest absolute Gasteiger partial charge is 0.330 e. The molecule has 2 unspecified atom stereocenters. The molecule has 3 nitrogen and oxygen atoms in total. The topological polar surface area (TPSA) is 9.72 Å². The number of nitrogens with zero attached hydrogens (tertiary/aromatic N) is 3. The fourth-order valence-electron chi connectivity index (χ4n) is 14.7. The van der Waals surface area contributed by atoms with E-state index in [1.165, 1.54) is 123 Å². The maximum absolute atomic E-state index is 2.78. The molecule has 10 aromatic carbocycles. The van der Waals surface area contributed by atoms with Crippen molar-refractivity contribution in [2.75, 3.05) is 14.7 Å². The van der Waals surface area contributed by atoms with Gasteiger partial charge in [-0.05, 0) is 163 Å². The number of rotatable bonds is 6. The summed E-state index contributed by atoms with van der Waals surface area (Å²) in [7, 11) is 0. The van der Waals surface area contributed by atoms with E-state index < -0.39 is 5.54 Å². The number of fused-ring (bicyclic) bond motifs is 9. The molecule has 14 rings (SSSR count). The summed E-state index contributed by atoms with van der Waals surface area (Å²) in [5.41, 5.74) is 28.0. The summed E-state index contributed by atoms with van der Waals surface area (Å²) >= 11 is 0. The van der Waals surface area contributed by atoms with Crippen LogP contribution in [0.3, 0.4) is 0 Å². The smallest absolute Gasteiger partial charge is 0.252 e. The standard InChI is InChI=1S/C78H74BN3/c1-74(2,3)56-37-41-66(60(46-56)52-27-17-13-18-28-52)80-69-40-35-55(51-25-15-12-16-26-51)45-65(69)79-64-39-36-58(76(7,8)9)48-70(64)81(67-42-38-57(75(4,5)6)47-61(67)53-29-19-14-20-30-53)72-50-59(49-71(80)73(72)79)82-68-34-24-23-33-63(68)77(10)44-43-54-31-21-22-32-62(54)78(77,82)11/h12-42,45-50H,43-44H2,1-11H3. The molecule has 404 valence electrons. The fourth-order valence-corrected chi connectivity index (χ4v) is 14.7. The molecule has 4 aliphatic rings. The first-order valence-electron chi connectivity index (χ1n) is 29.8. The molecule has 0 saturated heterocycles. The van der Waals surface area contributed by atoms with Crippen LogP contribution < -0.4 is 31.1 Å². The average Bonchev–Trinajstić information content (AvgIpc) is 3.68. The van der Waals surface area contributed by atoms with E-state index in [1.807, 2.05) is 0 Å². The predicted molar refractivity (Wildman–Crippen MR) is 351 cm³/mol. The Morgan fingerprint density at radius 2 is 0.841 bits per heavy atom. The number of aryl methyl sites for hydroxylation is 1. The minimum Gasteiger partial charge on any atom is -0.330 e. The molecule has 82 heavy (non-hydrogen) atoms. The fraction of sp³-hybridized carbons (Fsp3) is 0.231. The molecule has 3 aliphatic heterocycles. The molecule has 0 aromatic heterocycles. The van der Waals surface area contributed by atoms with Gasteiger partial charge >= 0.3 is 0 Å². The lowest BCUT2D eigenvalue weighted by Crippen LogP contribution is -2.61. The first-order valence-corrected chi connectivity index (χ1v) is 29.8. The highest BCUT2D eigenvalue weighted by Gasteiger charge is 2.60. The van der Waals surface area contributed by atoms with Gasteiger partial charge in [0.2, 0.25) is 0 Å². The SMILES string of the molecule is CC(C)(C)c1ccc(N2c3ccc(-c4ccccc4)cc3B3c4ccc(C(C)(C)C)cc4N(c4ccc(C(C)(C)C)cc4-c4ccccc4)c4cc(N5c6ccccc6C6(C)CCc7ccccc7C56C)cc2c43)c(-c2ccccc2)c1. The zero-order chi connectivity index (χ0) is 56.7. The monoisotopic (exact) mass is 1060 g/mol. The summed E-state index contributed by atoms with van der Waals surface area (Å²) in [5.74, 6) is 0. The molecule has 0 radical (unpaired) electrons. The van der Waals surface area contributed by atoms with Crippen LogP contribution in [0.4, 0.5) is 45.5 Å². The third-order valence-corrected chi connectivity index (χ3v) is 19.4. The predicted octanol–water partition coefficient (Wildman–Crippen LogP) is 18.9. The molecule has 0 spiro atoms. The Morgan fingerprint density at radius 1 is 0.366 bits per heavy atom. The zero-order valence-electron chi connectivity index (χ0n) is 49.7. The Hall–Kier alpha value is -8.34. The maximum atomic E-state index is 2.78. The lowest BCUT2D eigenvalue weighted by molar-refractivity contribution is 0.245. The molecule has 3 heterocycles. The van der Waals surface area contributed by atoms with Crippen LogP contribution in [-0.2, 0) is 33.6 Å². The van der Waals surface area contributed by atoms with Crippen LogP contribution in [0, 0.1) is 0 Å². The van der Waals surface area contributed by atoms with Gasteiger partial charge in [0.05, 0.1) is 16.9 Å². The van der Waals surface area contributed by atoms with Gasteiger partial charge in [-0.15, -0.1) is 0 Å². The minimum atomic E-state index is -0.433. The first kappa shape index (κ1) is 51.8. The zero-order valence-corrected chi connectivity index (χ0v) is 49.7. The van der Waals surface area contributed by atoms with Crippen LogP contribution in [0.5, 0.6) is 0 Å². The van der Waals surface area contributed by atoms with Crippen molar-refractivity contribution in [1.29, 1.82) is 0 Å². The second-order valence-electron chi connectivity index (χ2n) is 27.3. The van der Waals surface area contributed by atoms with Crippen LogP contribution in [0.2, 0.25) is 0 Å². The molecular weight excluding hydrogens is 990 g/mol. The maximum Gasteiger partial charge on any atom is 0.252 e. The van der Waals surface area contributed by atoms with Gasteiger partial charge in [0.25, 0.3) is 6.71 Å². The van der Waals surface area contributed by atoms with Crippen molar-refractivity contribution < 1.29 is 0 Å². The average molecular weight is 1060 g/mol. The normalized spacial score (nSPS) is 17.8. The Morgan fingerprint density at radius 3 is 1.41 bits per heavy atom. The van der Waals surface area contributed by atoms with Gasteiger partial charge < -0.3 is 14.7 Å². The van der Waals surface area contributed by atoms with Crippen molar-refractivity contribution in [3.63, 3.8) is 0 Å². The van der Waals surface area contributed by atoms with Crippen LogP contribution in [0.25, 0.3) is 33.4 Å². The second kappa shape index (κ2) is 18.6. The summed E-state index contributed by atoms with van der Waals surface area (Å²) in [6, 6.07) is 86.6. The van der Waals surface area contributed by atoms with E-state index in [2.05, 4.69) is 315 Å². The Labute approximate surface area is 488 Å². The highest BCUT2D eigenvalue weighted by molar-refractivity contribution is 7.00. The summed E-state index contributed by atoms with van der Waals surface area (Å²) in [6.45, 7) is 26.1. The van der Waals surface area contributed by atoms with Crippen molar-refractivity contribution in [2.45, 2.75) is 116 Å². The molecule has 0 bridgehead atoms. The van der Waals surface area contributed by atoms with Crippen LogP contribution in [0.15, 0.2) is 224 Å². The Balaban J connectivity index is 1.17. The van der Waals surface area contributed by atoms with E-state index in [1.54, 1.807) is 0 Å². The van der Waals surface area contributed by atoms with Gasteiger partial charge in [-0.25, -0.2) is 0 Å². The van der Waals surface area contributed by atoms with E-state index in [0.29, 0.717) is 0 Å². The van der Waals surface area contributed by atoms with Crippen molar-refractivity contribution >= 4 is 68.6 Å².